The quantitative estimate of drug-likeness (QED) is 0.776. The number of hydrogen-bond acceptors (Lipinski definition) is 5. The van der Waals surface area contributed by atoms with Gasteiger partial charge in [-0.3, -0.25) is 9.69 Å². The number of aromatic hydroxyl groups is 1. The van der Waals surface area contributed by atoms with Crippen LogP contribution in [0.2, 0.25) is 0 Å². The van der Waals surface area contributed by atoms with Crippen LogP contribution < -0.4 is 0 Å². The van der Waals surface area contributed by atoms with E-state index in [1.165, 1.54) is 0 Å². The van der Waals surface area contributed by atoms with E-state index in [2.05, 4.69) is 18.7 Å². The molecule has 0 aromatic heterocycles. The van der Waals surface area contributed by atoms with Crippen LogP contribution in [0.1, 0.15) is 43.5 Å². The lowest BCUT2D eigenvalue weighted by Crippen LogP contribution is -2.44. The second-order valence-electron chi connectivity index (χ2n) is 8.56. The zero-order valence-electron chi connectivity index (χ0n) is 17.4. The van der Waals surface area contributed by atoms with E-state index in [-0.39, 0.29) is 23.2 Å². The molecule has 1 amide bonds. The first-order valence-electron chi connectivity index (χ1n) is 10.4. The lowest BCUT2D eigenvalue weighted by atomic mass is 9.76. The third-order valence-electron chi connectivity index (χ3n) is 6.26. The lowest BCUT2D eigenvalue weighted by molar-refractivity contribution is 0.0366. The molecule has 0 radical (unpaired) electrons. The normalized spacial score (nSPS) is 21.8. The van der Waals surface area contributed by atoms with Crippen molar-refractivity contribution in [3.05, 3.63) is 29.8 Å². The van der Waals surface area contributed by atoms with Crippen molar-refractivity contribution < 1.29 is 19.4 Å². The molecule has 28 heavy (non-hydrogen) atoms. The van der Waals surface area contributed by atoms with Crippen LogP contribution in [0.25, 0.3) is 0 Å². The standard InChI is InChI=1S/C22H34N2O4/c1-17(2)24(12-13-27-3)15-20-14-22(16-28-20)8-10-23(11-9-22)21(26)18-4-6-19(25)7-5-18/h4-7,17,20,25H,8-16H2,1-3H3. The van der Waals surface area contributed by atoms with Crippen molar-refractivity contribution in [3.8, 4) is 5.75 Å². The molecular weight excluding hydrogens is 356 g/mol. The highest BCUT2D eigenvalue weighted by molar-refractivity contribution is 5.94. The number of hydrogen-bond donors (Lipinski definition) is 1. The first-order valence-corrected chi connectivity index (χ1v) is 10.4. The Morgan fingerprint density at radius 3 is 2.61 bits per heavy atom. The summed E-state index contributed by atoms with van der Waals surface area (Å²) < 4.78 is 11.4. The summed E-state index contributed by atoms with van der Waals surface area (Å²) in [6.07, 6.45) is 3.32. The van der Waals surface area contributed by atoms with Gasteiger partial charge in [0, 0.05) is 44.9 Å². The molecule has 1 N–H and O–H groups in total. The van der Waals surface area contributed by atoms with Gasteiger partial charge in [0.2, 0.25) is 0 Å². The molecule has 156 valence electrons. The van der Waals surface area contributed by atoms with Crippen molar-refractivity contribution in [2.45, 2.75) is 45.3 Å². The maximum absolute atomic E-state index is 12.7. The number of amides is 1. The number of phenols is 1. The van der Waals surface area contributed by atoms with Crippen molar-refractivity contribution in [2.24, 2.45) is 5.41 Å². The molecule has 6 nitrogen and oxygen atoms in total. The van der Waals surface area contributed by atoms with E-state index in [0.717, 1.165) is 58.7 Å². The van der Waals surface area contributed by atoms with E-state index < -0.39 is 0 Å². The maximum Gasteiger partial charge on any atom is 0.253 e. The minimum atomic E-state index is 0.0517. The highest BCUT2D eigenvalue weighted by Crippen LogP contribution is 2.42. The van der Waals surface area contributed by atoms with Crippen molar-refractivity contribution >= 4 is 5.91 Å². The van der Waals surface area contributed by atoms with Gasteiger partial charge in [0.05, 0.1) is 19.3 Å². The molecule has 2 heterocycles. The molecule has 2 aliphatic rings. The van der Waals surface area contributed by atoms with Crippen molar-refractivity contribution in [1.29, 1.82) is 0 Å². The largest absolute Gasteiger partial charge is 0.508 e. The summed E-state index contributed by atoms with van der Waals surface area (Å²) in [4.78, 5) is 17.1. The Morgan fingerprint density at radius 2 is 2.00 bits per heavy atom. The molecule has 6 heteroatoms. The van der Waals surface area contributed by atoms with E-state index >= 15 is 0 Å². The van der Waals surface area contributed by atoms with Crippen LogP contribution >= 0.6 is 0 Å². The summed E-state index contributed by atoms with van der Waals surface area (Å²) in [5, 5.41) is 9.41. The molecule has 2 saturated heterocycles. The maximum atomic E-state index is 12.7. The topological polar surface area (TPSA) is 62.2 Å². The third kappa shape index (κ3) is 5.04. The Balaban J connectivity index is 1.51. The van der Waals surface area contributed by atoms with Gasteiger partial charge in [0.1, 0.15) is 5.75 Å². The van der Waals surface area contributed by atoms with Crippen LogP contribution in [0.15, 0.2) is 24.3 Å². The summed E-state index contributed by atoms with van der Waals surface area (Å²) in [5.74, 6) is 0.236. The molecule has 1 unspecified atom stereocenters. The van der Waals surface area contributed by atoms with Gasteiger partial charge in [0.15, 0.2) is 0 Å². The fourth-order valence-electron chi connectivity index (χ4n) is 4.36. The van der Waals surface area contributed by atoms with Gasteiger partial charge in [-0.25, -0.2) is 0 Å². The van der Waals surface area contributed by atoms with Crippen LogP contribution in [0, 0.1) is 5.41 Å². The van der Waals surface area contributed by atoms with Crippen molar-refractivity contribution in [2.75, 3.05) is 46.5 Å². The second kappa shape index (κ2) is 9.25. The van der Waals surface area contributed by atoms with Gasteiger partial charge in [0.25, 0.3) is 5.91 Å². The first-order chi connectivity index (χ1) is 13.4. The number of piperidine rings is 1. The van der Waals surface area contributed by atoms with E-state index in [0.29, 0.717) is 11.6 Å². The third-order valence-corrected chi connectivity index (χ3v) is 6.26. The van der Waals surface area contributed by atoms with E-state index in [4.69, 9.17) is 9.47 Å². The molecule has 0 saturated carbocycles. The smallest absolute Gasteiger partial charge is 0.253 e. The Morgan fingerprint density at radius 1 is 1.32 bits per heavy atom. The number of rotatable bonds is 7. The zero-order valence-corrected chi connectivity index (χ0v) is 17.4. The van der Waals surface area contributed by atoms with E-state index in [1.54, 1.807) is 31.4 Å². The van der Waals surface area contributed by atoms with Crippen molar-refractivity contribution in [3.63, 3.8) is 0 Å². The number of phenolic OH excluding ortho intramolecular Hbond substituents is 1. The summed E-state index contributed by atoms with van der Waals surface area (Å²) in [7, 11) is 1.74. The van der Waals surface area contributed by atoms with Gasteiger partial charge in [-0.15, -0.1) is 0 Å². The number of benzene rings is 1. The van der Waals surface area contributed by atoms with E-state index in [9.17, 15) is 9.90 Å². The van der Waals surface area contributed by atoms with Gasteiger partial charge in [-0.1, -0.05) is 0 Å². The highest BCUT2D eigenvalue weighted by atomic mass is 16.5. The number of ether oxygens (including phenoxy) is 2. The molecule has 1 aromatic carbocycles. The average Bonchev–Trinajstić information content (AvgIpc) is 3.07. The van der Waals surface area contributed by atoms with Crippen molar-refractivity contribution in [1.82, 2.24) is 9.80 Å². The molecule has 0 aliphatic carbocycles. The Kier molecular flexibility index (Phi) is 6.96. The molecule has 0 bridgehead atoms. The lowest BCUT2D eigenvalue weighted by Gasteiger charge is -2.38. The van der Waals surface area contributed by atoms with Gasteiger partial charge in [-0.05, 0) is 62.8 Å². The fraction of sp³-hybridized carbons (Fsp3) is 0.682. The Hall–Kier alpha value is -1.63. The van der Waals surface area contributed by atoms with Gasteiger partial charge < -0.3 is 19.5 Å². The number of nitrogens with zero attached hydrogens (tertiary/aromatic N) is 2. The number of likely N-dealkylation sites (tertiary alicyclic amines) is 1. The predicted octanol–water partition coefficient (Wildman–Crippen LogP) is 2.76. The molecular formula is C22H34N2O4. The predicted molar refractivity (Wildman–Crippen MR) is 109 cm³/mol. The number of methoxy groups -OCH3 is 1. The second-order valence-corrected chi connectivity index (χ2v) is 8.56. The summed E-state index contributed by atoms with van der Waals surface area (Å²) >= 11 is 0. The van der Waals surface area contributed by atoms with Crippen LogP contribution in [0.5, 0.6) is 5.75 Å². The molecule has 3 rings (SSSR count). The van der Waals surface area contributed by atoms with Crippen LogP contribution in [-0.2, 0) is 9.47 Å². The highest BCUT2D eigenvalue weighted by Gasteiger charge is 2.43. The molecule has 1 spiro atoms. The number of carbonyl (C=O) groups excluding carboxylic acids is 1. The molecule has 1 atom stereocenters. The molecule has 1 aromatic rings. The minimum Gasteiger partial charge on any atom is -0.508 e. The molecule has 2 fully saturated rings. The Labute approximate surface area is 168 Å². The zero-order chi connectivity index (χ0) is 20.1. The Bertz CT molecular complexity index is 638. The van der Waals surface area contributed by atoms with E-state index in [1.807, 2.05) is 4.90 Å². The molecule has 2 aliphatic heterocycles. The van der Waals surface area contributed by atoms with Gasteiger partial charge in [-0.2, -0.15) is 0 Å². The first kappa shape index (κ1) is 21.1. The SMILES string of the molecule is COCCN(CC1CC2(CCN(C(=O)c3ccc(O)cc3)CC2)CO1)C(C)C. The monoisotopic (exact) mass is 390 g/mol. The summed E-state index contributed by atoms with van der Waals surface area (Å²) in [6, 6.07) is 6.99. The van der Waals surface area contributed by atoms with Crippen LogP contribution in [-0.4, -0.2) is 79.5 Å². The summed E-state index contributed by atoms with van der Waals surface area (Å²) in [6.45, 7) is 9.39. The van der Waals surface area contributed by atoms with Crippen LogP contribution in [0.3, 0.4) is 0 Å². The average molecular weight is 391 g/mol. The fourth-order valence-corrected chi connectivity index (χ4v) is 4.36. The van der Waals surface area contributed by atoms with Crippen LogP contribution in [0.4, 0.5) is 0 Å². The number of carbonyl (C=O) groups is 1. The minimum absolute atomic E-state index is 0.0517. The van der Waals surface area contributed by atoms with Gasteiger partial charge >= 0.3 is 0 Å². The summed E-state index contributed by atoms with van der Waals surface area (Å²) in [5.41, 5.74) is 0.848.